The van der Waals surface area contributed by atoms with Gasteiger partial charge in [-0.2, -0.15) is 0 Å². The number of nitrogens with zero attached hydrogens (tertiary/aromatic N) is 1. The number of allylic oxidation sites excluding steroid dienone is 1. The molecule has 0 bridgehead atoms. The first-order valence-corrected chi connectivity index (χ1v) is 9.55. The van der Waals surface area contributed by atoms with Gasteiger partial charge in [-0.05, 0) is 55.7 Å². The molecule has 4 heteroatoms. The summed E-state index contributed by atoms with van der Waals surface area (Å²) in [4.78, 5) is 0. The van der Waals surface area contributed by atoms with Crippen LogP contribution in [0.5, 0.6) is 5.75 Å². The lowest BCUT2D eigenvalue weighted by Crippen LogP contribution is -2.38. The number of anilines is 1. The van der Waals surface area contributed by atoms with Crippen molar-refractivity contribution in [3.63, 3.8) is 0 Å². The molecule has 0 saturated heterocycles. The highest BCUT2D eigenvalue weighted by atomic mass is 35.5. The minimum absolute atomic E-state index is 0.00617. The van der Waals surface area contributed by atoms with Gasteiger partial charge in [0, 0.05) is 34.9 Å². The first-order chi connectivity index (χ1) is 12.9. The third-order valence-corrected chi connectivity index (χ3v) is 6.01. The second-order valence-corrected chi connectivity index (χ2v) is 8.14. The van der Waals surface area contributed by atoms with Crippen LogP contribution >= 0.6 is 11.8 Å². The summed E-state index contributed by atoms with van der Waals surface area (Å²) in [5.41, 5.74) is 7.23. The van der Waals surface area contributed by atoms with E-state index in [-0.39, 0.29) is 18.2 Å². The maximum absolute atomic E-state index is 9.56. The van der Waals surface area contributed by atoms with Gasteiger partial charge < -0.3 is 9.84 Å². The number of benzene rings is 2. The Bertz CT molecular complexity index is 961. The Hall–Kier alpha value is -2.23. The molecule has 140 valence electrons. The lowest BCUT2D eigenvalue weighted by Gasteiger charge is -2.40. The van der Waals surface area contributed by atoms with E-state index in [1.165, 1.54) is 5.57 Å². The van der Waals surface area contributed by atoms with Crippen molar-refractivity contribution in [3.8, 4) is 16.9 Å². The minimum Gasteiger partial charge on any atom is -0.485 e. The van der Waals surface area contributed by atoms with Gasteiger partial charge in [0.05, 0.1) is 17.8 Å². The minimum atomic E-state index is -0.266. The number of hydrogen-bond acceptors (Lipinski definition) is 3. The first-order valence-electron chi connectivity index (χ1n) is 9.22. The number of ether oxygens (including phenoxy) is 1. The van der Waals surface area contributed by atoms with Crippen molar-refractivity contribution in [2.75, 3.05) is 4.42 Å². The fraction of sp³-hybridized carbons (Fsp3) is 0.304. The maximum Gasteiger partial charge on any atom is 0.128 e. The summed E-state index contributed by atoms with van der Waals surface area (Å²) in [5.74, 6) is 0.840. The zero-order valence-electron chi connectivity index (χ0n) is 15.9. The van der Waals surface area contributed by atoms with E-state index in [1.807, 2.05) is 24.3 Å². The summed E-state index contributed by atoms with van der Waals surface area (Å²) in [6.45, 7) is 10.3. The molecule has 0 aromatic heterocycles. The summed E-state index contributed by atoms with van der Waals surface area (Å²) < 4.78 is 8.16. The van der Waals surface area contributed by atoms with Crippen LogP contribution in [0.2, 0.25) is 0 Å². The van der Waals surface area contributed by atoms with Crippen LogP contribution in [-0.4, -0.2) is 10.6 Å². The number of hydrogen-bond donors (Lipinski definition) is 1. The molecule has 1 N–H and O–H groups in total. The highest BCUT2D eigenvalue weighted by molar-refractivity contribution is 6.28. The van der Waals surface area contributed by atoms with Gasteiger partial charge in [0.2, 0.25) is 0 Å². The van der Waals surface area contributed by atoms with Crippen molar-refractivity contribution in [2.24, 2.45) is 0 Å². The first kappa shape index (κ1) is 18.1. The van der Waals surface area contributed by atoms with Gasteiger partial charge >= 0.3 is 0 Å². The Balaban J connectivity index is 2.01. The molecule has 3 nitrogen and oxygen atoms in total. The smallest absolute Gasteiger partial charge is 0.128 e. The van der Waals surface area contributed by atoms with Crippen molar-refractivity contribution >= 4 is 23.0 Å². The topological polar surface area (TPSA) is 32.7 Å². The van der Waals surface area contributed by atoms with Gasteiger partial charge in [-0.15, -0.1) is 6.58 Å². The quantitative estimate of drug-likeness (QED) is 0.522. The van der Waals surface area contributed by atoms with Gasteiger partial charge in [0.15, 0.2) is 0 Å². The Morgan fingerprint density at radius 3 is 2.74 bits per heavy atom. The van der Waals surface area contributed by atoms with Gasteiger partial charge in [-0.3, -0.25) is 4.42 Å². The number of halogens is 1. The van der Waals surface area contributed by atoms with Gasteiger partial charge in [-0.1, -0.05) is 24.3 Å². The van der Waals surface area contributed by atoms with E-state index in [0.717, 1.165) is 39.3 Å². The third kappa shape index (κ3) is 2.77. The Kier molecular flexibility index (Phi) is 4.32. The molecule has 0 fully saturated rings. The van der Waals surface area contributed by atoms with E-state index in [0.29, 0.717) is 6.42 Å². The maximum atomic E-state index is 9.56. The average molecular weight is 382 g/mol. The monoisotopic (exact) mass is 381 g/mol. The molecular formula is C23H24ClNO2. The van der Waals surface area contributed by atoms with Crippen molar-refractivity contribution < 1.29 is 9.84 Å². The van der Waals surface area contributed by atoms with Crippen LogP contribution in [0, 0.1) is 0 Å². The van der Waals surface area contributed by atoms with Gasteiger partial charge in [-0.25, -0.2) is 0 Å². The Morgan fingerprint density at radius 2 is 2.04 bits per heavy atom. The van der Waals surface area contributed by atoms with Crippen molar-refractivity contribution in [1.82, 2.24) is 0 Å². The van der Waals surface area contributed by atoms with Crippen LogP contribution in [-0.2, 0) is 6.61 Å². The SMILES string of the molecule is C=CCC1Oc2ccc(CO)cc2-c2ccc3c(c21)C(C)=CC(C)(C)N3Cl. The van der Waals surface area contributed by atoms with E-state index >= 15 is 0 Å². The predicted molar refractivity (Wildman–Crippen MR) is 112 cm³/mol. The molecule has 2 aromatic rings. The molecule has 1 unspecified atom stereocenters. The fourth-order valence-electron chi connectivity index (χ4n) is 4.24. The molecule has 2 aliphatic rings. The van der Waals surface area contributed by atoms with Crippen LogP contribution in [0.25, 0.3) is 16.7 Å². The van der Waals surface area contributed by atoms with E-state index in [9.17, 15) is 5.11 Å². The molecule has 0 amide bonds. The summed E-state index contributed by atoms with van der Waals surface area (Å²) in [6.07, 6.45) is 4.69. The van der Waals surface area contributed by atoms with Crippen LogP contribution in [0.3, 0.4) is 0 Å². The molecule has 2 heterocycles. The van der Waals surface area contributed by atoms with Gasteiger partial charge in [0.1, 0.15) is 11.9 Å². The van der Waals surface area contributed by atoms with Gasteiger partial charge in [0.25, 0.3) is 0 Å². The summed E-state index contributed by atoms with van der Waals surface area (Å²) >= 11 is 6.71. The molecule has 0 spiro atoms. The molecule has 2 aliphatic heterocycles. The Morgan fingerprint density at radius 1 is 1.26 bits per heavy atom. The van der Waals surface area contributed by atoms with E-state index < -0.39 is 0 Å². The number of aliphatic hydroxyl groups is 1. The number of fused-ring (bicyclic) bond motifs is 5. The standard InChI is InChI=1S/C23H24ClNO2/c1-5-6-20-22-16(17-11-15(13-26)7-10-19(17)27-20)8-9-18-21(22)14(2)12-23(3,4)25(18)24/h5,7-12,20,26H,1,6,13H2,2-4H3. The van der Waals surface area contributed by atoms with E-state index in [4.69, 9.17) is 16.5 Å². The molecule has 1 atom stereocenters. The van der Waals surface area contributed by atoms with E-state index in [1.54, 1.807) is 4.42 Å². The summed E-state index contributed by atoms with van der Waals surface area (Å²) in [6, 6.07) is 10.1. The number of aliphatic hydroxyl groups excluding tert-OH is 1. The van der Waals surface area contributed by atoms with Crippen molar-refractivity contribution in [3.05, 3.63) is 65.8 Å². The third-order valence-electron chi connectivity index (χ3n) is 5.39. The molecule has 0 saturated carbocycles. The molecule has 0 radical (unpaired) electrons. The van der Waals surface area contributed by atoms with Crippen LogP contribution in [0.4, 0.5) is 5.69 Å². The van der Waals surface area contributed by atoms with Crippen molar-refractivity contribution in [2.45, 2.75) is 45.4 Å². The molecule has 27 heavy (non-hydrogen) atoms. The predicted octanol–water partition coefficient (Wildman–Crippen LogP) is 6.01. The van der Waals surface area contributed by atoms with Crippen LogP contribution in [0.15, 0.2) is 49.1 Å². The van der Waals surface area contributed by atoms with E-state index in [2.05, 4.69) is 45.6 Å². The van der Waals surface area contributed by atoms with Crippen molar-refractivity contribution in [1.29, 1.82) is 0 Å². The van der Waals surface area contributed by atoms with Crippen LogP contribution < -0.4 is 9.16 Å². The fourth-order valence-corrected chi connectivity index (χ4v) is 4.43. The lowest BCUT2D eigenvalue weighted by molar-refractivity contribution is 0.205. The highest BCUT2D eigenvalue weighted by Gasteiger charge is 2.36. The molecule has 0 aliphatic carbocycles. The molecule has 2 aromatic carbocycles. The normalized spacial score (nSPS) is 19.4. The summed E-state index contributed by atoms with van der Waals surface area (Å²) in [5, 5.41) is 9.56. The largest absolute Gasteiger partial charge is 0.485 e. The second kappa shape index (κ2) is 6.43. The lowest BCUT2D eigenvalue weighted by atomic mass is 9.81. The zero-order chi connectivity index (χ0) is 19.3. The summed E-state index contributed by atoms with van der Waals surface area (Å²) in [7, 11) is 0. The Labute approximate surface area is 165 Å². The molecular weight excluding hydrogens is 358 g/mol. The average Bonchev–Trinajstić information content (AvgIpc) is 2.65. The highest BCUT2D eigenvalue weighted by Crippen LogP contribution is 2.51. The number of rotatable bonds is 3. The van der Waals surface area contributed by atoms with Crippen LogP contribution in [0.1, 0.15) is 50.0 Å². The molecule has 4 rings (SSSR count). The second-order valence-electron chi connectivity index (χ2n) is 7.80. The zero-order valence-corrected chi connectivity index (χ0v) is 16.7.